The predicted octanol–water partition coefficient (Wildman–Crippen LogP) is 3.99. The summed E-state index contributed by atoms with van der Waals surface area (Å²) in [5.41, 5.74) is 0.829. The summed E-state index contributed by atoms with van der Waals surface area (Å²) in [5.74, 6) is 2.52. The Labute approximate surface area is 179 Å². The minimum absolute atomic E-state index is 0.103. The number of nitrogens with zero attached hydrogens (tertiary/aromatic N) is 1. The minimum atomic E-state index is -0.103. The molecule has 3 rings (SSSR count). The van der Waals surface area contributed by atoms with Gasteiger partial charge in [-0.1, -0.05) is 36.1 Å². The van der Waals surface area contributed by atoms with Crippen molar-refractivity contribution in [1.82, 2.24) is 4.90 Å². The van der Waals surface area contributed by atoms with Crippen LogP contribution in [0.5, 0.6) is 23.0 Å². The number of hydrogen-bond acceptors (Lipinski definition) is 7. The van der Waals surface area contributed by atoms with Crippen LogP contribution in [0, 0.1) is 0 Å². The molecule has 29 heavy (non-hydrogen) atoms. The summed E-state index contributed by atoms with van der Waals surface area (Å²) in [6, 6.07) is 12.9. The van der Waals surface area contributed by atoms with E-state index in [1.54, 1.807) is 27.3 Å². The average Bonchev–Trinajstić information content (AvgIpc) is 2.98. The van der Waals surface area contributed by atoms with Crippen molar-refractivity contribution < 1.29 is 23.7 Å². The van der Waals surface area contributed by atoms with Crippen molar-refractivity contribution in [3.63, 3.8) is 0 Å². The lowest BCUT2D eigenvalue weighted by molar-refractivity contribution is -0.121. The van der Waals surface area contributed by atoms with Gasteiger partial charge in [0.25, 0.3) is 5.91 Å². The van der Waals surface area contributed by atoms with E-state index in [2.05, 4.69) is 0 Å². The van der Waals surface area contributed by atoms with Crippen molar-refractivity contribution in [2.45, 2.75) is 0 Å². The van der Waals surface area contributed by atoms with Crippen molar-refractivity contribution >= 4 is 40.3 Å². The van der Waals surface area contributed by atoms with Crippen LogP contribution in [0.1, 0.15) is 5.56 Å². The van der Waals surface area contributed by atoms with Gasteiger partial charge in [-0.3, -0.25) is 9.69 Å². The Kier molecular flexibility index (Phi) is 7.00. The second kappa shape index (κ2) is 9.67. The third kappa shape index (κ3) is 5.21. The smallest absolute Gasteiger partial charge is 0.265 e. The summed E-state index contributed by atoms with van der Waals surface area (Å²) in [6.07, 6.45) is 1.79. The first-order chi connectivity index (χ1) is 14.0. The second-order valence-electron chi connectivity index (χ2n) is 6.03. The van der Waals surface area contributed by atoms with Gasteiger partial charge >= 0.3 is 0 Å². The molecule has 0 N–H and O–H groups in total. The van der Waals surface area contributed by atoms with E-state index >= 15 is 0 Å². The van der Waals surface area contributed by atoms with Crippen LogP contribution in [-0.4, -0.2) is 49.6 Å². The number of ether oxygens (including phenoxy) is 4. The summed E-state index contributed by atoms with van der Waals surface area (Å²) in [4.78, 5) is 14.2. The lowest BCUT2D eigenvalue weighted by atomic mass is 10.2. The van der Waals surface area contributed by atoms with Crippen molar-refractivity contribution in [1.29, 1.82) is 0 Å². The van der Waals surface area contributed by atoms with Crippen LogP contribution >= 0.6 is 24.0 Å². The predicted molar refractivity (Wildman–Crippen MR) is 118 cm³/mol. The zero-order valence-corrected chi connectivity index (χ0v) is 18.0. The quantitative estimate of drug-likeness (QED) is 0.356. The number of thioether (sulfide) groups is 1. The molecular weight excluding hydrogens is 410 g/mol. The molecule has 152 valence electrons. The van der Waals surface area contributed by atoms with Crippen LogP contribution in [0.15, 0.2) is 47.4 Å². The number of likely N-dealkylation sites (N-methyl/N-ethyl adjacent to an activating group) is 1. The van der Waals surface area contributed by atoms with E-state index < -0.39 is 0 Å². The zero-order valence-electron chi connectivity index (χ0n) is 16.3. The Morgan fingerprint density at radius 2 is 1.76 bits per heavy atom. The largest absolute Gasteiger partial charge is 0.497 e. The lowest BCUT2D eigenvalue weighted by Crippen LogP contribution is -2.22. The normalized spacial score (nSPS) is 15.0. The molecular formula is C21H21NO5S2. The highest BCUT2D eigenvalue weighted by molar-refractivity contribution is 8.26. The molecule has 0 aromatic heterocycles. The number of hydrogen-bond donors (Lipinski definition) is 0. The molecule has 1 aliphatic rings. The van der Waals surface area contributed by atoms with Gasteiger partial charge in [0.2, 0.25) is 0 Å². The van der Waals surface area contributed by atoms with Crippen molar-refractivity contribution in [2.24, 2.45) is 0 Å². The van der Waals surface area contributed by atoms with Gasteiger partial charge in [-0.2, -0.15) is 0 Å². The zero-order chi connectivity index (χ0) is 20.8. The molecule has 2 aromatic rings. The highest BCUT2D eigenvalue weighted by atomic mass is 32.2. The standard InChI is InChI=1S/C21H21NO5S2/c1-22-20(23)19(29-21(22)28)12-14-7-8-17(18(11-14)25-3)27-10-9-26-16-6-4-5-15(13-16)24-2/h4-8,11-13H,9-10H2,1-3H3/b19-12+. The fourth-order valence-electron chi connectivity index (χ4n) is 2.59. The highest BCUT2D eigenvalue weighted by Crippen LogP contribution is 2.34. The van der Waals surface area contributed by atoms with E-state index in [9.17, 15) is 4.79 Å². The maximum absolute atomic E-state index is 12.1. The summed E-state index contributed by atoms with van der Waals surface area (Å²) >= 11 is 6.44. The van der Waals surface area contributed by atoms with E-state index in [4.69, 9.17) is 31.2 Å². The van der Waals surface area contributed by atoms with Gasteiger partial charge in [0, 0.05) is 13.1 Å². The number of carbonyl (C=O) groups excluding carboxylic acids is 1. The van der Waals surface area contributed by atoms with Gasteiger partial charge in [0.1, 0.15) is 29.0 Å². The van der Waals surface area contributed by atoms with Crippen LogP contribution < -0.4 is 18.9 Å². The molecule has 1 fully saturated rings. The van der Waals surface area contributed by atoms with Crippen LogP contribution in [0.2, 0.25) is 0 Å². The van der Waals surface area contributed by atoms with Crippen LogP contribution in [0.4, 0.5) is 0 Å². The van der Waals surface area contributed by atoms with E-state index in [0.29, 0.717) is 39.7 Å². The molecule has 1 saturated heterocycles. The SMILES string of the molecule is COc1cccc(OCCOc2ccc(/C=C3/SC(=S)N(C)C3=O)cc2OC)c1. The Bertz CT molecular complexity index is 944. The number of amides is 1. The molecule has 0 bridgehead atoms. The van der Waals surface area contributed by atoms with Gasteiger partial charge in [0.05, 0.1) is 19.1 Å². The van der Waals surface area contributed by atoms with E-state index in [-0.39, 0.29) is 5.91 Å². The third-order valence-corrected chi connectivity index (χ3v) is 5.61. The fourth-order valence-corrected chi connectivity index (χ4v) is 3.77. The molecule has 1 heterocycles. The molecule has 0 aliphatic carbocycles. The van der Waals surface area contributed by atoms with Crippen LogP contribution in [0.25, 0.3) is 6.08 Å². The molecule has 2 aromatic carbocycles. The molecule has 0 saturated carbocycles. The molecule has 1 amide bonds. The van der Waals surface area contributed by atoms with Crippen molar-refractivity contribution in [3.8, 4) is 23.0 Å². The van der Waals surface area contributed by atoms with E-state index in [0.717, 1.165) is 11.3 Å². The molecule has 0 radical (unpaired) electrons. The molecule has 8 heteroatoms. The maximum atomic E-state index is 12.1. The van der Waals surface area contributed by atoms with Gasteiger partial charge in [-0.05, 0) is 35.9 Å². The Morgan fingerprint density at radius 3 is 2.45 bits per heavy atom. The summed E-state index contributed by atoms with van der Waals surface area (Å²) in [6.45, 7) is 0.721. The summed E-state index contributed by atoms with van der Waals surface area (Å²) in [5, 5.41) is 0. The lowest BCUT2D eigenvalue weighted by Gasteiger charge is -2.12. The summed E-state index contributed by atoms with van der Waals surface area (Å²) < 4.78 is 22.6. The minimum Gasteiger partial charge on any atom is -0.497 e. The second-order valence-corrected chi connectivity index (χ2v) is 7.70. The first-order valence-electron chi connectivity index (χ1n) is 8.81. The van der Waals surface area contributed by atoms with Gasteiger partial charge in [-0.25, -0.2) is 0 Å². The number of thiocarbonyl (C=S) groups is 1. The van der Waals surface area contributed by atoms with Crippen LogP contribution in [-0.2, 0) is 4.79 Å². The molecule has 0 spiro atoms. The average molecular weight is 432 g/mol. The number of carbonyl (C=O) groups is 1. The molecule has 6 nitrogen and oxygen atoms in total. The fraction of sp³-hybridized carbons (Fsp3) is 0.238. The summed E-state index contributed by atoms with van der Waals surface area (Å²) in [7, 11) is 4.86. The Morgan fingerprint density at radius 1 is 1.00 bits per heavy atom. The number of methoxy groups -OCH3 is 2. The third-order valence-electron chi connectivity index (χ3n) is 4.12. The van der Waals surface area contributed by atoms with Crippen molar-refractivity contribution in [3.05, 3.63) is 52.9 Å². The Balaban J connectivity index is 1.60. The molecule has 0 atom stereocenters. The maximum Gasteiger partial charge on any atom is 0.265 e. The number of benzene rings is 2. The monoisotopic (exact) mass is 431 g/mol. The van der Waals surface area contributed by atoms with Gasteiger partial charge in [-0.15, -0.1) is 0 Å². The van der Waals surface area contributed by atoms with Crippen molar-refractivity contribution in [2.75, 3.05) is 34.5 Å². The number of rotatable bonds is 8. The van der Waals surface area contributed by atoms with Crippen LogP contribution in [0.3, 0.4) is 0 Å². The van der Waals surface area contributed by atoms with E-state index in [1.165, 1.54) is 16.7 Å². The topological polar surface area (TPSA) is 57.2 Å². The first kappa shape index (κ1) is 21.0. The highest BCUT2D eigenvalue weighted by Gasteiger charge is 2.28. The Hall–Kier alpha value is -2.71. The first-order valence-corrected chi connectivity index (χ1v) is 10.0. The van der Waals surface area contributed by atoms with Gasteiger partial charge < -0.3 is 18.9 Å². The molecule has 1 aliphatic heterocycles. The molecule has 0 unspecified atom stereocenters. The van der Waals surface area contributed by atoms with Gasteiger partial charge in [0.15, 0.2) is 11.5 Å². The van der Waals surface area contributed by atoms with E-state index in [1.807, 2.05) is 42.5 Å².